The molecule has 0 bridgehead atoms. The number of hydrogen-bond donors (Lipinski definition) is 0. The topological polar surface area (TPSA) is 27.7 Å². The summed E-state index contributed by atoms with van der Waals surface area (Å²) in [6.45, 7) is 9.21. The van der Waals surface area contributed by atoms with Crippen molar-refractivity contribution in [2.24, 2.45) is 0 Å². The van der Waals surface area contributed by atoms with E-state index in [9.17, 15) is 0 Å². The van der Waals surface area contributed by atoms with Crippen LogP contribution in [0.5, 0.6) is 0 Å². The third-order valence-electron chi connectivity index (χ3n) is 1.25. The molecule has 0 fully saturated rings. The molecule has 3 heteroatoms. The molecule has 0 spiro atoms. The van der Waals surface area contributed by atoms with Gasteiger partial charge in [-0.2, -0.15) is 0 Å². The lowest BCUT2D eigenvalue weighted by molar-refractivity contribution is 0.190. The monoisotopic (exact) mass is 210 g/mol. The van der Waals surface area contributed by atoms with E-state index in [1.165, 1.54) is 0 Å². The lowest BCUT2D eigenvalue weighted by atomic mass is 10.6. The van der Waals surface area contributed by atoms with Crippen LogP contribution in [0, 0.1) is 0 Å². The molecule has 15 heavy (non-hydrogen) atoms. The van der Waals surface area contributed by atoms with Gasteiger partial charge in [0.25, 0.3) is 0 Å². The van der Waals surface area contributed by atoms with Crippen molar-refractivity contribution in [2.45, 2.75) is 0 Å². The van der Waals surface area contributed by atoms with Gasteiger partial charge in [-0.1, -0.05) is 12.2 Å². The lowest BCUT2D eigenvalue weighted by Crippen LogP contribution is -1.90. The highest BCUT2D eigenvalue weighted by atomic mass is 16.5. The van der Waals surface area contributed by atoms with Gasteiger partial charge >= 0.3 is 0 Å². The average molecular weight is 210 g/mol. The molecule has 0 unspecified atom stereocenters. The van der Waals surface area contributed by atoms with Crippen molar-refractivity contribution < 1.29 is 14.2 Å². The van der Waals surface area contributed by atoms with Gasteiger partial charge in [0.2, 0.25) is 0 Å². The predicted molar refractivity (Wildman–Crippen MR) is 61.4 cm³/mol. The summed E-state index contributed by atoms with van der Waals surface area (Å²) in [7, 11) is 0. The Morgan fingerprint density at radius 1 is 0.733 bits per heavy atom. The zero-order valence-corrected chi connectivity index (χ0v) is 8.93. The normalized spacial score (nSPS) is 10.9. The Labute approximate surface area is 91.3 Å². The molecule has 0 aromatic heterocycles. The maximum absolute atomic E-state index is 5.10. The summed E-state index contributed by atoms with van der Waals surface area (Å²) in [5.74, 6) is 0. The molecule has 0 aromatic rings. The molecule has 0 aliphatic heterocycles. The molecule has 0 atom stereocenters. The second-order valence-corrected chi connectivity index (χ2v) is 2.53. The highest BCUT2D eigenvalue weighted by Gasteiger charge is 1.78. The van der Waals surface area contributed by atoms with E-state index in [0.717, 1.165) is 0 Å². The molecule has 84 valence electrons. The van der Waals surface area contributed by atoms with Crippen LogP contribution in [0.3, 0.4) is 0 Å². The van der Waals surface area contributed by atoms with E-state index in [1.54, 1.807) is 36.8 Å². The summed E-state index contributed by atoms with van der Waals surface area (Å²) in [6, 6.07) is 0. The molecule has 0 saturated heterocycles. The van der Waals surface area contributed by atoms with E-state index in [2.05, 4.69) is 13.2 Å². The van der Waals surface area contributed by atoms with Gasteiger partial charge in [-0.05, 0) is 12.2 Å². The lowest BCUT2D eigenvalue weighted by Gasteiger charge is -1.95. The summed E-state index contributed by atoms with van der Waals surface area (Å²) in [5.41, 5.74) is 0. The van der Waals surface area contributed by atoms with Gasteiger partial charge in [0.05, 0.1) is 39.0 Å². The molecule has 0 amide bonds. The zero-order valence-electron chi connectivity index (χ0n) is 8.93. The quantitative estimate of drug-likeness (QED) is 0.315. The van der Waals surface area contributed by atoms with Gasteiger partial charge in [0, 0.05) is 0 Å². The van der Waals surface area contributed by atoms with Crippen LogP contribution in [0.15, 0.2) is 50.0 Å². The number of hydrogen-bond acceptors (Lipinski definition) is 3. The van der Waals surface area contributed by atoms with Crippen molar-refractivity contribution in [1.82, 2.24) is 0 Å². The molecular weight excluding hydrogens is 192 g/mol. The van der Waals surface area contributed by atoms with Gasteiger partial charge < -0.3 is 14.2 Å². The fraction of sp³-hybridized carbons (Fsp3) is 0.333. The molecule has 0 N–H and O–H groups in total. The Bertz CT molecular complexity index is 185. The molecule has 0 aliphatic carbocycles. The first-order valence-electron chi connectivity index (χ1n) is 4.74. The largest absolute Gasteiger partial charge is 0.473 e. The molecular formula is C12H18O3. The van der Waals surface area contributed by atoms with Gasteiger partial charge in [0.15, 0.2) is 0 Å². The van der Waals surface area contributed by atoms with Gasteiger partial charge in [-0.15, -0.1) is 13.2 Å². The Morgan fingerprint density at radius 2 is 1.20 bits per heavy atom. The van der Waals surface area contributed by atoms with Crippen molar-refractivity contribution in [3.63, 3.8) is 0 Å². The standard InChI is InChI=1S/C12H18O3/c1-3-7-13-9-5-11-15-12-6-10-14-8-4-2/h3-6,11-12H,1-2,7-10H2. The van der Waals surface area contributed by atoms with Crippen LogP contribution in [-0.4, -0.2) is 26.4 Å². The Kier molecular flexibility index (Phi) is 11.6. The second-order valence-electron chi connectivity index (χ2n) is 2.53. The first kappa shape index (κ1) is 13.7. The van der Waals surface area contributed by atoms with Crippen LogP contribution in [0.2, 0.25) is 0 Å². The maximum atomic E-state index is 5.10. The summed E-state index contributed by atoms with van der Waals surface area (Å²) < 4.78 is 15.2. The highest BCUT2D eigenvalue weighted by Crippen LogP contribution is 1.84. The van der Waals surface area contributed by atoms with Crippen LogP contribution in [-0.2, 0) is 14.2 Å². The van der Waals surface area contributed by atoms with Crippen molar-refractivity contribution in [1.29, 1.82) is 0 Å². The van der Waals surface area contributed by atoms with Crippen molar-refractivity contribution in [2.75, 3.05) is 26.4 Å². The Hall–Kier alpha value is -1.32. The van der Waals surface area contributed by atoms with Gasteiger partial charge in [0.1, 0.15) is 0 Å². The maximum Gasteiger partial charge on any atom is 0.0884 e. The van der Waals surface area contributed by atoms with E-state index in [4.69, 9.17) is 14.2 Å². The van der Waals surface area contributed by atoms with Crippen molar-refractivity contribution in [3.8, 4) is 0 Å². The minimum absolute atomic E-state index is 0.521. The first-order chi connectivity index (χ1) is 7.41. The number of rotatable bonds is 10. The molecule has 0 aliphatic rings. The van der Waals surface area contributed by atoms with Crippen LogP contribution >= 0.6 is 0 Å². The number of ether oxygens (including phenoxy) is 3. The molecule has 0 radical (unpaired) electrons. The smallest absolute Gasteiger partial charge is 0.0884 e. The van der Waals surface area contributed by atoms with Crippen molar-refractivity contribution in [3.05, 3.63) is 50.0 Å². The molecule has 3 nitrogen and oxygen atoms in total. The van der Waals surface area contributed by atoms with Crippen LogP contribution in [0.25, 0.3) is 0 Å². The third-order valence-corrected chi connectivity index (χ3v) is 1.25. The van der Waals surface area contributed by atoms with E-state index in [-0.39, 0.29) is 0 Å². The predicted octanol–water partition coefficient (Wildman–Crippen LogP) is 2.44. The summed E-state index contributed by atoms with van der Waals surface area (Å²) in [4.78, 5) is 0. The summed E-state index contributed by atoms with van der Waals surface area (Å²) in [5, 5.41) is 0. The molecule has 0 heterocycles. The van der Waals surface area contributed by atoms with Gasteiger partial charge in [-0.3, -0.25) is 0 Å². The SMILES string of the molecule is C=CCOCC=COC=CCOCC=C. The van der Waals surface area contributed by atoms with Crippen LogP contribution < -0.4 is 0 Å². The average Bonchev–Trinajstić information content (AvgIpc) is 2.26. The molecule has 0 rings (SSSR count). The Balaban J connectivity index is 3.20. The minimum atomic E-state index is 0.521. The minimum Gasteiger partial charge on any atom is -0.473 e. The molecule has 0 saturated carbocycles. The second kappa shape index (κ2) is 12.7. The third kappa shape index (κ3) is 12.7. The van der Waals surface area contributed by atoms with Crippen LogP contribution in [0.1, 0.15) is 0 Å². The van der Waals surface area contributed by atoms with Crippen molar-refractivity contribution >= 4 is 0 Å². The zero-order chi connectivity index (χ0) is 11.2. The van der Waals surface area contributed by atoms with E-state index >= 15 is 0 Å². The Morgan fingerprint density at radius 3 is 1.60 bits per heavy atom. The van der Waals surface area contributed by atoms with Gasteiger partial charge in [-0.25, -0.2) is 0 Å². The van der Waals surface area contributed by atoms with E-state index in [0.29, 0.717) is 26.4 Å². The highest BCUT2D eigenvalue weighted by molar-refractivity contribution is 4.80. The fourth-order valence-electron chi connectivity index (χ4n) is 0.674. The van der Waals surface area contributed by atoms with E-state index in [1.807, 2.05) is 0 Å². The fourth-order valence-corrected chi connectivity index (χ4v) is 0.674. The van der Waals surface area contributed by atoms with E-state index < -0.39 is 0 Å². The summed E-state index contributed by atoms with van der Waals surface area (Å²) >= 11 is 0. The van der Waals surface area contributed by atoms with Crippen LogP contribution in [0.4, 0.5) is 0 Å². The first-order valence-corrected chi connectivity index (χ1v) is 4.74. The summed E-state index contributed by atoms with van der Waals surface area (Å²) in [6.07, 6.45) is 10.1. The molecule has 0 aromatic carbocycles.